The van der Waals surface area contributed by atoms with Gasteiger partial charge in [0.05, 0.1) is 18.8 Å². The van der Waals surface area contributed by atoms with Crippen LogP contribution >= 0.6 is 27.3 Å². The third-order valence-corrected chi connectivity index (χ3v) is 5.88. The van der Waals surface area contributed by atoms with Gasteiger partial charge in [0.15, 0.2) is 0 Å². The summed E-state index contributed by atoms with van der Waals surface area (Å²) >= 11 is 5.20. The highest BCUT2D eigenvalue weighted by atomic mass is 79.9. The SMILES string of the molecule is OC(Cc1sccc1Br)C1CN2CCCC2CO1. The highest BCUT2D eigenvalue weighted by molar-refractivity contribution is 9.10. The number of aliphatic hydroxyl groups excluding tert-OH is 1. The molecule has 0 bridgehead atoms. The molecule has 0 saturated carbocycles. The Kier molecular flexibility index (Phi) is 4.06. The summed E-state index contributed by atoms with van der Waals surface area (Å²) in [7, 11) is 0. The number of rotatable bonds is 3. The Hall–Kier alpha value is 0.0600. The molecule has 0 radical (unpaired) electrons. The number of fused-ring (bicyclic) bond motifs is 1. The number of aliphatic hydroxyl groups is 1. The monoisotopic (exact) mass is 331 g/mol. The molecule has 3 heterocycles. The van der Waals surface area contributed by atoms with E-state index in [1.54, 1.807) is 11.3 Å². The van der Waals surface area contributed by atoms with Crippen molar-refractivity contribution in [2.24, 2.45) is 0 Å². The van der Waals surface area contributed by atoms with E-state index in [-0.39, 0.29) is 6.10 Å². The van der Waals surface area contributed by atoms with Crippen LogP contribution in [0.1, 0.15) is 17.7 Å². The van der Waals surface area contributed by atoms with Gasteiger partial charge in [-0.1, -0.05) is 0 Å². The van der Waals surface area contributed by atoms with Crippen molar-refractivity contribution in [2.75, 3.05) is 19.7 Å². The first-order chi connectivity index (χ1) is 8.74. The van der Waals surface area contributed by atoms with Crippen LogP contribution in [0.4, 0.5) is 0 Å². The van der Waals surface area contributed by atoms with Crippen molar-refractivity contribution in [1.29, 1.82) is 0 Å². The molecular formula is C13H18BrNO2S. The standard InChI is InChI=1S/C13H18BrNO2S/c14-10-3-5-18-13(10)6-11(16)12-7-15-4-1-2-9(15)8-17-12/h3,5,9,11-12,16H,1-2,4,6-8H2. The van der Waals surface area contributed by atoms with Crippen molar-refractivity contribution >= 4 is 27.3 Å². The van der Waals surface area contributed by atoms with Gasteiger partial charge < -0.3 is 9.84 Å². The summed E-state index contributed by atoms with van der Waals surface area (Å²) < 4.78 is 6.94. The van der Waals surface area contributed by atoms with Crippen LogP contribution in [0.25, 0.3) is 0 Å². The smallest absolute Gasteiger partial charge is 0.0964 e. The molecule has 18 heavy (non-hydrogen) atoms. The minimum atomic E-state index is -0.401. The summed E-state index contributed by atoms with van der Waals surface area (Å²) in [5.41, 5.74) is 0. The third kappa shape index (κ3) is 2.65. The number of morpholine rings is 1. The summed E-state index contributed by atoms with van der Waals surface area (Å²) in [6, 6.07) is 2.63. The highest BCUT2D eigenvalue weighted by Gasteiger charge is 2.35. The maximum Gasteiger partial charge on any atom is 0.0964 e. The lowest BCUT2D eigenvalue weighted by atomic mass is 10.1. The van der Waals surface area contributed by atoms with Gasteiger partial charge in [-0.3, -0.25) is 4.90 Å². The number of hydrogen-bond donors (Lipinski definition) is 1. The van der Waals surface area contributed by atoms with Crippen LogP contribution in [0.3, 0.4) is 0 Å². The Morgan fingerprint density at radius 3 is 3.28 bits per heavy atom. The molecule has 2 saturated heterocycles. The van der Waals surface area contributed by atoms with Gasteiger partial charge in [0.25, 0.3) is 0 Å². The van der Waals surface area contributed by atoms with Gasteiger partial charge >= 0.3 is 0 Å². The summed E-state index contributed by atoms with van der Waals surface area (Å²) in [6.07, 6.45) is 2.77. The highest BCUT2D eigenvalue weighted by Crippen LogP contribution is 2.28. The van der Waals surface area contributed by atoms with Crippen molar-refractivity contribution in [2.45, 2.75) is 37.5 Å². The van der Waals surface area contributed by atoms with Gasteiger partial charge in [0.2, 0.25) is 0 Å². The fourth-order valence-corrected chi connectivity index (χ4v) is 4.43. The van der Waals surface area contributed by atoms with E-state index in [0.717, 1.165) is 17.6 Å². The maximum absolute atomic E-state index is 10.3. The molecule has 1 aromatic rings. The third-order valence-electron chi connectivity index (χ3n) is 3.93. The molecular weight excluding hydrogens is 314 g/mol. The fourth-order valence-electron chi connectivity index (χ4n) is 2.87. The number of hydrogen-bond acceptors (Lipinski definition) is 4. The van der Waals surface area contributed by atoms with Crippen LogP contribution < -0.4 is 0 Å². The molecule has 0 aliphatic carbocycles. The van der Waals surface area contributed by atoms with Crippen LogP contribution in [0.15, 0.2) is 15.9 Å². The zero-order valence-corrected chi connectivity index (χ0v) is 12.6. The summed E-state index contributed by atoms with van der Waals surface area (Å²) in [5, 5.41) is 12.4. The van der Waals surface area contributed by atoms with E-state index in [4.69, 9.17) is 4.74 Å². The fraction of sp³-hybridized carbons (Fsp3) is 0.692. The Bertz CT molecular complexity index is 411. The average Bonchev–Trinajstić information content (AvgIpc) is 2.98. The molecule has 3 rings (SSSR count). The molecule has 3 atom stereocenters. The van der Waals surface area contributed by atoms with Gasteiger partial charge in [0, 0.05) is 28.4 Å². The van der Waals surface area contributed by atoms with Gasteiger partial charge in [-0.05, 0) is 46.8 Å². The van der Waals surface area contributed by atoms with Crippen molar-refractivity contribution < 1.29 is 9.84 Å². The molecule has 0 amide bonds. The van der Waals surface area contributed by atoms with Crippen LogP contribution in [0.5, 0.6) is 0 Å². The summed E-state index contributed by atoms with van der Waals surface area (Å²) in [4.78, 5) is 3.68. The first kappa shape index (κ1) is 13.1. The lowest BCUT2D eigenvalue weighted by molar-refractivity contribution is -0.101. The average molecular weight is 332 g/mol. The topological polar surface area (TPSA) is 32.7 Å². The molecule has 3 unspecified atom stereocenters. The Balaban J connectivity index is 1.59. The van der Waals surface area contributed by atoms with Crippen molar-refractivity contribution in [1.82, 2.24) is 4.90 Å². The molecule has 1 N–H and O–H groups in total. The quantitative estimate of drug-likeness (QED) is 0.922. The van der Waals surface area contributed by atoms with Gasteiger partial charge in [0.1, 0.15) is 0 Å². The Labute approximate surface area is 120 Å². The molecule has 5 heteroatoms. The molecule has 1 aromatic heterocycles. The van der Waals surface area contributed by atoms with Crippen LogP contribution in [0, 0.1) is 0 Å². The van der Waals surface area contributed by atoms with E-state index < -0.39 is 6.10 Å². The molecule has 0 spiro atoms. The molecule has 2 fully saturated rings. The lowest BCUT2D eigenvalue weighted by Gasteiger charge is -2.37. The van der Waals surface area contributed by atoms with E-state index in [2.05, 4.69) is 20.8 Å². The van der Waals surface area contributed by atoms with Crippen molar-refractivity contribution in [3.8, 4) is 0 Å². The Morgan fingerprint density at radius 2 is 2.50 bits per heavy atom. The van der Waals surface area contributed by atoms with Gasteiger partial charge in [-0.2, -0.15) is 0 Å². The largest absolute Gasteiger partial charge is 0.390 e. The van der Waals surface area contributed by atoms with Gasteiger partial charge in [-0.15, -0.1) is 11.3 Å². The predicted molar refractivity (Wildman–Crippen MR) is 76.1 cm³/mol. The van der Waals surface area contributed by atoms with Crippen molar-refractivity contribution in [3.05, 3.63) is 20.8 Å². The Morgan fingerprint density at radius 1 is 1.61 bits per heavy atom. The first-order valence-corrected chi connectivity index (χ1v) is 8.17. The molecule has 2 aliphatic heterocycles. The second kappa shape index (κ2) is 5.59. The molecule has 2 aliphatic rings. The first-order valence-electron chi connectivity index (χ1n) is 6.49. The van der Waals surface area contributed by atoms with Crippen LogP contribution in [0.2, 0.25) is 0 Å². The van der Waals surface area contributed by atoms with E-state index in [9.17, 15) is 5.11 Å². The number of ether oxygens (including phenoxy) is 1. The predicted octanol–water partition coefficient (Wildman–Crippen LogP) is 2.28. The minimum absolute atomic E-state index is 0.0339. The number of halogens is 1. The molecule has 3 nitrogen and oxygen atoms in total. The second-order valence-electron chi connectivity index (χ2n) is 5.13. The van der Waals surface area contributed by atoms with E-state index in [1.165, 1.54) is 24.3 Å². The van der Waals surface area contributed by atoms with Crippen molar-refractivity contribution in [3.63, 3.8) is 0 Å². The van der Waals surface area contributed by atoms with E-state index >= 15 is 0 Å². The number of thiophene rings is 1. The van der Waals surface area contributed by atoms with Crippen LogP contribution in [-0.2, 0) is 11.2 Å². The van der Waals surface area contributed by atoms with Crippen LogP contribution in [-0.4, -0.2) is 48.0 Å². The van der Waals surface area contributed by atoms with E-state index in [0.29, 0.717) is 12.5 Å². The second-order valence-corrected chi connectivity index (χ2v) is 6.98. The normalized spacial score (nSPS) is 30.3. The van der Waals surface area contributed by atoms with E-state index in [1.807, 2.05) is 11.4 Å². The molecule has 0 aromatic carbocycles. The lowest BCUT2D eigenvalue weighted by Crippen LogP contribution is -2.50. The van der Waals surface area contributed by atoms with Gasteiger partial charge in [-0.25, -0.2) is 0 Å². The summed E-state index contributed by atoms with van der Waals surface area (Å²) in [5.74, 6) is 0. The maximum atomic E-state index is 10.3. The number of nitrogens with zero attached hydrogens (tertiary/aromatic N) is 1. The zero-order valence-electron chi connectivity index (χ0n) is 10.2. The zero-order chi connectivity index (χ0) is 12.5. The molecule has 100 valence electrons. The summed E-state index contributed by atoms with van der Waals surface area (Å²) in [6.45, 7) is 2.84. The minimum Gasteiger partial charge on any atom is -0.390 e.